The highest BCUT2D eigenvalue weighted by Gasteiger charge is 2.26. The summed E-state index contributed by atoms with van der Waals surface area (Å²) in [7, 11) is 0. The van der Waals surface area contributed by atoms with Crippen molar-refractivity contribution in [3.8, 4) is 5.75 Å². The van der Waals surface area contributed by atoms with Crippen LogP contribution in [-0.4, -0.2) is 26.4 Å². The van der Waals surface area contributed by atoms with Crippen molar-refractivity contribution in [3.05, 3.63) is 29.8 Å². The van der Waals surface area contributed by atoms with E-state index in [9.17, 15) is 0 Å². The van der Waals surface area contributed by atoms with E-state index in [0.717, 1.165) is 57.9 Å². The molecule has 1 saturated heterocycles. The van der Waals surface area contributed by atoms with Crippen molar-refractivity contribution in [3.63, 3.8) is 0 Å². The highest BCUT2D eigenvalue weighted by Crippen LogP contribution is 2.28. The quantitative estimate of drug-likeness (QED) is 0.829. The first-order valence-electron chi connectivity index (χ1n) is 7.72. The van der Waals surface area contributed by atoms with E-state index in [1.807, 2.05) is 0 Å². The summed E-state index contributed by atoms with van der Waals surface area (Å²) in [6.07, 6.45) is 3.36. The Bertz CT molecular complexity index is 382. The van der Waals surface area contributed by atoms with Crippen LogP contribution in [0.15, 0.2) is 24.3 Å². The van der Waals surface area contributed by atoms with Crippen molar-refractivity contribution in [1.29, 1.82) is 0 Å². The van der Waals surface area contributed by atoms with Gasteiger partial charge in [-0.1, -0.05) is 26.0 Å². The summed E-state index contributed by atoms with van der Waals surface area (Å²) < 4.78 is 11.0. The molecule has 1 aliphatic rings. The predicted octanol–water partition coefficient (Wildman–Crippen LogP) is 3.38. The highest BCUT2D eigenvalue weighted by molar-refractivity contribution is 5.27. The fraction of sp³-hybridized carbons (Fsp3) is 0.647. The van der Waals surface area contributed by atoms with Gasteiger partial charge in [-0.3, -0.25) is 0 Å². The Morgan fingerprint density at radius 1 is 1.20 bits per heavy atom. The Balaban J connectivity index is 1.73. The first-order valence-corrected chi connectivity index (χ1v) is 7.72. The predicted molar refractivity (Wildman–Crippen MR) is 82.1 cm³/mol. The Morgan fingerprint density at radius 3 is 2.55 bits per heavy atom. The van der Waals surface area contributed by atoms with E-state index in [1.165, 1.54) is 5.56 Å². The minimum absolute atomic E-state index is 0.391. The third kappa shape index (κ3) is 4.80. The van der Waals surface area contributed by atoms with Crippen molar-refractivity contribution in [2.24, 2.45) is 5.41 Å². The number of benzene rings is 1. The van der Waals surface area contributed by atoms with Gasteiger partial charge >= 0.3 is 0 Å². The van der Waals surface area contributed by atoms with Gasteiger partial charge in [-0.15, -0.1) is 0 Å². The Hall–Kier alpha value is -1.06. The van der Waals surface area contributed by atoms with Crippen LogP contribution in [0.3, 0.4) is 0 Å². The largest absolute Gasteiger partial charge is 0.494 e. The Labute approximate surface area is 122 Å². The van der Waals surface area contributed by atoms with Crippen molar-refractivity contribution in [1.82, 2.24) is 5.32 Å². The Morgan fingerprint density at radius 2 is 1.90 bits per heavy atom. The summed E-state index contributed by atoms with van der Waals surface area (Å²) in [6, 6.07) is 8.40. The molecule has 0 bridgehead atoms. The van der Waals surface area contributed by atoms with Crippen molar-refractivity contribution in [2.75, 3.05) is 26.4 Å². The molecule has 1 aromatic rings. The van der Waals surface area contributed by atoms with Crippen LogP contribution in [0.5, 0.6) is 5.75 Å². The molecule has 0 aliphatic carbocycles. The summed E-state index contributed by atoms with van der Waals surface area (Å²) in [5.41, 5.74) is 1.70. The van der Waals surface area contributed by atoms with Crippen LogP contribution in [0.25, 0.3) is 0 Å². The maximum absolute atomic E-state index is 5.59. The van der Waals surface area contributed by atoms with Gasteiger partial charge < -0.3 is 14.8 Å². The maximum atomic E-state index is 5.59. The highest BCUT2D eigenvalue weighted by atomic mass is 16.5. The van der Waals surface area contributed by atoms with Gasteiger partial charge in [0.25, 0.3) is 0 Å². The van der Waals surface area contributed by atoms with Crippen molar-refractivity contribution < 1.29 is 9.47 Å². The van der Waals surface area contributed by atoms with E-state index in [4.69, 9.17) is 9.47 Å². The normalized spacial score (nSPS) is 17.9. The van der Waals surface area contributed by atoms with Crippen molar-refractivity contribution >= 4 is 0 Å². The molecule has 1 aliphatic heterocycles. The summed E-state index contributed by atoms with van der Waals surface area (Å²) in [4.78, 5) is 0. The molecule has 20 heavy (non-hydrogen) atoms. The second kappa shape index (κ2) is 7.65. The van der Waals surface area contributed by atoms with E-state index < -0.39 is 0 Å². The first-order chi connectivity index (χ1) is 9.72. The van der Waals surface area contributed by atoms with Gasteiger partial charge in [0.05, 0.1) is 6.61 Å². The zero-order valence-electron chi connectivity index (χ0n) is 12.8. The van der Waals surface area contributed by atoms with Gasteiger partial charge in [-0.05, 0) is 42.4 Å². The number of ether oxygens (including phenoxy) is 2. The lowest BCUT2D eigenvalue weighted by Gasteiger charge is -2.33. The minimum Gasteiger partial charge on any atom is -0.494 e. The molecule has 1 aromatic carbocycles. The van der Waals surface area contributed by atoms with Crippen LogP contribution in [0.2, 0.25) is 0 Å². The molecule has 0 spiro atoms. The average Bonchev–Trinajstić information content (AvgIpc) is 2.47. The van der Waals surface area contributed by atoms with Gasteiger partial charge in [0.1, 0.15) is 5.75 Å². The number of nitrogens with one attached hydrogen (secondary N) is 1. The lowest BCUT2D eigenvalue weighted by Crippen LogP contribution is -2.36. The standard InChI is InChI=1S/C17H27NO2/c1-3-10-20-16-6-4-15(5-7-16)13-18-14-17(2)8-11-19-12-9-17/h4-7,18H,3,8-14H2,1-2H3. The summed E-state index contributed by atoms with van der Waals surface area (Å²) in [5.74, 6) is 0.965. The van der Waals surface area contributed by atoms with Crippen LogP contribution >= 0.6 is 0 Å². The molecule has 0 aromatic heterocycles. The van der Waals surface area contributed by atoms with Crippen LogP contribution in [0.4, 0.5) is 0 Å². The lowest BCUT2D eigenvalue weighted by atomic mass is 9.82. The fourth-order valence-corrected chi connectivity index (χ4v) is 2.47. The number of hydrogen-bond donors (Lipinski definition) is 1. The molecular weight excluding hydrogens is 250 g/mol. The zero-order valence-corrected chi connectivity index (χ0v) is 12.8. The molecule has 3 heteroatoms. The Kier molecular flexibility index (Phi) is 5.86. The molecule has 3 nitrogen and oxygen atoms in total. The topological polar surface area (TPSA) is 30.5 Å². The van der Waals surface area contributed by atoms with E-state index in [2.05, 4.69) is 43.4 Å². The fourth-order valence-electron chi connectivity index (χ4n) is 2.47. The van der Waals surface area contributed by atoms with Gasteiger partial charge in [-0.25, -0.2) is 0 Å². The van der Waals surface area contributed by atoms with Crippen molar-refractivity contribution in [2.45, 2.75) is 39.7 Å². The molecule has 1 fully saturated rings. The van der Waals surface area contributed by atoms with Gasteiger partial charge in [0.2, 0.25) is 0 Å². The smallest absolute Gasteiger partial charge is 0.119 e. The van der Waals surface area contributed by atoms with E-state index in [-0.39, 0.29) is 0 Å². The van der Waals surface area contributed by atoms with Crippen LogP contribution < -0.4 is 10.1 Å². The second-order valence-electron chi connectivity index (χ2n) is 6.02. The molecule has 0 radical (unpaired) electrons. The molecule has 1 N–H and O–H groups in total. The lowest BCUT2D eigenvalue weighted by molar-refractivity contribution is 0.0240. The molecule has 0 saturated carbocycles. The molecule has 112 valence electrons. The SMILES string of the molecule is CCCOc1ccc(CNCC2(C)CCOCC2)cc1. The summed E-state index contributed by atoms with van der Waals surface area (Å²) >= 11 is 0. The van der Waals surface area contributed by atoms with E-state index in [0.29, 0.717) is 5.41 Å². The summed E-state index contributed by atoms with van der Waals surface area (Å²) in [6.45, 7) is 9.05. The van der Waals surface area contributed by atoms with Gasteiger partial charge in [-0.2, -0.15) is 0 Å². The monoisotopic (exact) mass is 277 g/mol. The molecule has 0 unspecified atom stereocenters. The third-order valence-corrected chi connectivity index (χ3v) is 3.98. The van der Waals surface area contributed by atoms with Gasteiger partial charge in [0, 0.05) is 26.3 Å². The third-order valence-electron chi connectivity index (χ3n) is 3.98. The molecular formula is C17H27NO2. The van der Waals surface area contributed by atoms with Crippen LogP contribution in [-0.2, 0) is 11.3 Å². The molecule has 1 heterocycles. The van der Waals surface area contributed by atoms with Crippen LogP contribution in [0.1, 0.15) is 38.7 Å². The maximum Gasteiger partial charge on any atom is 0.119 e. The van der Waals surface area contributed by atoms with Crippen LogP contribution in [0, 0.1) is 5.41 Å². The average molecular weight is 277 g/mol. The minimum atomic E-state index is 0.391. The summed E-state index contributed by atoms with van der Waals surface area (Å²) in [5, 5.41) is 3.58. The van der Waals surface area contributed by atoms with E-state index in [1.54, 1.807) is 0 Å². The molecule has 2 rings (SSSR count). The zero-order chi connectivity index (χ0) is 14.3. The molecule has 0 atom stereocenters. The second-order valence-corrected chi connectivity index (χ2v) is 6.02. The number of rotatable bonds is 7. The number of hydrogen-bond acceptors (Lipinski definition) is 3. The van der Waals surface area contributed by atoms with E-state index >= 15 is 0 Å². The first kappa shape index (κ1) is 15.3. The molecule has 0 amide bonds. The van der Waals surface area contributed by atoms with Gasteiger partial charge in [0.15, 0.2) is 0 Å².